The van der Waals surface area contributed by atoms with Gasteiger partial charge in [-0.3, -0.25) is 13.9 Å². The van der Waals surface area contributed by atoms with Crippen molar-refractivity contribution in [3.05, 3.63) is 11.0 Å². The van der Waals surface area contributed by atoms with Gasteiger partial charge in [0.05, 0.1) is 16.2 Å². The SMILES string of the molecule is COC1C=C(S(O)(O)C2(C3CCC(N(C(=O)C(C)(C)C)C(C)C)C(Cl)C3)CCOCC2)CCC1. The lowest BCUT2D eigenvalue weighted by Gasteiger charge is -2.59. The van der Waals surface area contributed by atoms with Crippen LogP contribution in [0.25, 0.3) is 0 Å². The molecule has 1 saturated carbocycles. The number of methoxy groups -OCH3 is 1. The van der Waals surface area contributed by atoms with Crippen LogP contribution in [0.3, 0.4) is 0 Å². The number of amides is 1. The first-order valence-corrected chi connectivity index (χ1v) is 14.9. The first-order chi connectivity index (χ1) is 15.8. The maximum atomic E-state index is 13.3. The quantitative estimate of drug-likeness (QED) is 0.395. The number of carbonyl (C=O) groups is 1. The number of hydrogen-bond acceptors (Lipinski definition) is 5. The van der Waals surface area contributed by atoms with Crippen molar-refractivity contribution >= 4 is 28.1 Å². The highest BCUT2D eigenvalue weighted by Crippen LogP contribution is 2.68. The molecular weight excluding hydrogens is 474 g/mol. The third-order valence-corrected chi connectivity index (χ3v) is 11.5. The van der Waals surface area contributed by atoms with Crippen LogP contribution in [-0.2, 0) is 14.3 Å². The Bertz CT molecular complexity index is 744. The largest absolute Gasteiger partial charge is 0.381 e. The van der Waals surface area contributed by atoms with Gasteiger partial charge in [0.15, 0.2) is 0 Å². The third kappa shape index (κ3) is 5.50. The molecule has 4 atom stereocenters. The third-order valence-electron chi connectivity index (χ3n) is 8.13. The van der Waals surface area contributed by atoms with E-state index in [0.29, 0.717) is 38.9 Å². The lowest BCUT2D eigenvalue weighted by Crippen LogP contribution is -2.57. The summed E-state index contributed by atoms with van der Waals surface area (Å²) < 4.78 is 34.3. The van der Waals surface area contributed by atoms with Gasteiger partial charge in [-0.15, -0.1) is 11.6 Å². The molecule has 6 nitrogen and oxygen atoms in total. The summed E-state index contributed by atoms with van der Waals surface area (Å²) in [4.78, 5) is 16.0. The van der Waals surface area contributed by atoms with Gasteiger partial charge < -0.3 is 14.4 Å². The Labute approximate surface area is 213 Å². The Morgan fingerprint density at radius 1 is 1.24 bits per heavy atom. The monoisotopic (exact) mass is 519 g/mol. The molecule has 34 heavy (non-hydrogen) atoms. The summed E-state index contributed by atoms with van der Waals surface area (Å²) in [6.45, 7) is 11.0. The molecule has 4 unspecified atom stereocenters. The topological polar surface area (TPSA) is 79.2 Å². The van der Waals surface area contributed by atoms with Gasteiger partial charge in [-0.2, -0.15) is 10.6 Å². The molecule has 0 aromatic carbocycles. The Balaban J connectivity index is 1.88. The van der Waals surface area contributed by atoms with Crippen LogP contribution in [0, 0.1) is 11.3 Å². The predicted octanol–water partition coefficient (Wildman–Crippen LogP) is 6.43. The average molecular weight is 520 g/mol. The average Bonchev–Trinajstić information content (AvgIpc) is 2.79. The molecule has 198 valence electrons. The molecule has 0 spiro atoms. The molecule has 8 heteroatoms. The Hall–Kier alpha value is -0.310. The van der Waals surface area contributed by atoms with Crippen LogP contribution in [0.15, 0.2) is 11.0 Å². The molecule has 3 aliphatic rings. The Morgan fingerprint density at radius 3 is 2.41 bits per heavy atom. The fourth-order valence-electron chi connectivity index (χ4n) is 6.22. The van der Waals surface area contributed by atoms with E-state index in [4.69, 9.17) is 21.1 Å². The zero-order valence-corrected chi connectivity index (χ0v) is 23.5. The molecule has 1 saturated heterocycles. The molecule has 0 aromatic heterocycles. The van der Waals surface area contributed by atoms with E-state index in [-0.39, 0.29) is 35.4 Å². The molecule has 1 heterocycles. The van der Waals surface area contributed by atoms with Crippen molar-refractivity contribution < 1.29 is 23.4 Å². The standard InChI is InChI=1S/C26H46ClNO5S/c1-18(2)28(24(29)25(3,4)5)23-11-10-19(16-22(23)27)26(12-14-33-15-13-26)34(30,31)21-9-7-8-20(17-21)32-6/h17-20,22-23,30-31H,7-16H2,1-6H3. The predicted molar refractivity (Wildman–Crippen MR) is 141 cm³/mol. The number of halogens is 1. The van der Waals surface area contributed by atoms with Crippen molar-refractivity contribution in [1.29, 1.82) is 0 Å². The molecule has 3 rings (SSSR count). The van der Waals surface area contributed by atoms with E-state index >= 15 is 0 Å². The Kier molecular flexibility index (Phi) is 9.12. The second-order valence-corrected chi connectivity index (χ2v) is 14.7. The van der Waals surface area contributed by atoms with Crippen molar-refractivity contribution in [3.8, 4) is 0 Å². The summed E-state index contributed by atoms with van der Waals surface area (Å²) in [5.41, 5.74) is -0.472. The molecule has 2 fully saturated rings. The van der Waals surface area contributed by atoms with Crippen LogP contribution in [0.2, 0.25) is 0 Å². The summed E-state index contributed by atoms with van der Waals surface area (Å²) in [6, 6.07) is 0.0143. The lowest BCUT2D eigenvalue weighted by molar-refractivity contribution is -0.145. The maximum Gasteiger partial charge on any atom is 0.228 e. The fourth-order valence-corrected chi connectivity index (χ4v) is 9.39. The van der Waals surface area contributed by atoms with Crippen LogP contribution in [0.5, 0.6) is 0 Å². The van der Waals surface area contributed by atoms with Crippen LogP contribution in [0.1, 0.15) is 86.0 Å². The first kappa shape index (κ1) is 28.3. The highest BCUT2D eigenvalue weighted by molar-refractivity contribution is 8.28. The molecule has 0 bridgehead atoms. The molecule has 0 aromatic rings. The van der Waals surface area contributed by atoms with Crippen molar-refractivity contribution in [2.45, 2.75) is 114 Å². The number of allylic oxidation sites excluding steroid dienone is 1. The summed E-state index contributed by atoms with van der Waals surface area (Å²) in [6.07, 6.45) is 7.92. The number of nitrogens with zero attached hydrogens (tertiary/aromatic N) is 1. The fraction of sp³-hybridized carbons (Fsp3) is 0.885. The normalized spacial score (nSPS) is 31.2. The van der Waals surface area contributed by atoms with Gasteiger partial charge in [0.2, 0.25) is 5.91 Å². The van der Waals surface area contributed by atoms with Crippen LogP contribution >= 0.6 is 22.2 Å². The van der Waals surface area contributed by atoms with E-state index in [2.05, 4.69) is 13.8 Å². The smallest absolute Gasteiger partial charge is 0.228 e. The van der Waals surface area contributed by atoms with E-state index in [0.717, 1.165) is 30.6 Å². The van der Waals surface area contributed by atoms with Gasteiger partial charge in [-0.05, 0) is 77.2 Å². The Morgan fingerprint density at radius 2 is 1.88 bits per heavy atom. The van der Waals surface area contributed by atoms with Crippen molar-refractivity contribution in [2.75, 3.05) is 20.3 Å². The second kappa shape index (κ2) is 11.0. The molecular formula is C26H46ClNO5S. The lowest BCUT2D eigenvalue weighted by atomic mass is 9.73. The van der Waals surface area contributed by atoms with Crippen molar-refractivity contribution in [1.82, 2.24) is 4.90 Å². The molecule has 1 aliphatic heterocycles. The van der Waals surface area contributed by atoms with E-state index in [9.17, 15) is 13.9 Å². The number of hydrogen-bond donors (Lipinski definition) is 2. The minimum atomic E-state index is -3.04. The van der Waals surface area contributed by atoms with Gasteiger partial charge >= 0.3 is 0 Å². The number of ether oxygens (including phenoxy) is 2. The van der Waals surface area contributed by atoms with E-state index in [1.54, 1.807) is 7.11 Å². The van der Waals surface area contributed by atoms with Crippen molar-refractivity contribution in [3.63, 3.8) is 0 Å². The number of carbonyl (C=O) groups excluding carboxylic acids is 1. The zero-order valence-electron chi connectivity index (χ0n) is 21.9. The van der Waals surface area contributed by atoms with Gasteiger partial charge in [-0.1, -0.05) is 20.8 Å². The van der Waals surface area contributed by atoms with Crippen LogP contribution in [-0.4, -0.2) is 68.5 Å². The van der Waals surface area contributed by atoms with E-state index in [1.165, 1.54) is 0 Å². The van der Waals surface area contributed by atoms with Gasteiger partial charge in [0.1, 0.15) is 0 Å². The van der Waals surface area contributed by atoms with Crippen LogP contribution in [0.4, 0.5) is 0 Å². The highest BCUT2D eigenvalue weighted by Gasteiger charge is 2.54. The minimum Gasteiger partial charge on any atom is -0.381 e. The van der Waals surface area contributed by atoms with Gasteiger partial charge in [0.25, 0.3) is 0 Å². The van der Waals surface area contributed by atoms with E-state index < -0.39 is 20.8 Å². The van der Waals surface area contributed by atoms with Gasteiger partial charge in [0, 0.05) is 42.7 Å². The molecule has 2 N–H and O–H groups in total. The zero-order chi connectivity index (χ0) is 25.3. The maximum absolute atomic E-state index is 13.3. The number of rotatable bonds is 6. The minimum absolute atomic E-state index is 0.0462. The van der Waals surface area contributed by atoms with E-state index in [1.807, 2.05) is 31.7 Å². The summed E-state index contributed by atoms with van der Waals surface area (Å²) in [5, 5.41) is -0.227. The number of alkyl halides is 1. The summed E-state index contributed by atoms with van der Waals surface area (Å²) in [7, 11) is -1.37. The molecule has 0 radical (unpaired) electrons. The van der Waals surface area contributed by atoms with Gasteiger partial charge in [-0.25, -0.2) is 0 Å². The molecule has 2 aliphatic carbocycles. The molecule has 1 amide bonds. The van der Waals surface area contributed by atoms with Crippen molar-refractivity contribution in [2.24, 2.45) is 11.3 Å². The summed E-state index contributed by atoms with van der Waals surface area (Å²) in [5.74, 6) is 0.197. The first-order valence-electron chi connectivity index (χ1n) is 12.9. The van der Waals surface area contributed by atoms with Crippen LogP contribution < -0.4 is 0 Å². The summed E-state index contributed by atoms with van der Waals surface area (Å²) >= 11 is 7.06. The highest BCUT2D eigenvalue weighted by atomic mass is 35.5. The second-order valence-electron chi connectivity index (χ2n) is 11.7.